The zero-order chi connectivity index (χ0) is 17.8. The lowest BCUT2D eigenvalue weighted by Gasteiger charge is -2.26. The molecule has 25 heavy (non-hydrogen) atoms. The summed E-state index contributed by atoms with van der Waals surface area (Å²) in [6.07, 6.45) is 0.338. The number of nitrogens with zero attached hydrogens (tertiary/aromatic N) is 4. The molecule has 2 amide bonds. The zero-order valence-electron chi connectivity index (χ0n) is 14.7. The van der Waals surface area contributed by atoms with E-state index in [9.17, 15) is 9.59 Å². The summed E-state index contributed by atoms with van der Waals surface area (Å²) < 4.78 is 11.0. The molecular formula is C16H25N5O4. The summed E-state index contributed by atoms with van der Waals surface area (Å²) in [5.41, 5.74) is 0. The molecule has 1 aromatic heterocycles. The summed E-state index contributed by atoms with van der Waals surface area (Å²) in [6, 6.07) is 0.430. The number of aromatic nitrogens is 2. The van der Waals surface area contributed by atoms with Crippen molar-refractivity contribution < 1.29 is 18.8 Å². The van der Waals surface area contributed by atoms with Crippen LogP contribution in [-0.2, 0) is 14.3 Å². The number of carbonyl (C=O) groups is 2. The first-order valence-corrected chi connectivity index (χ1v) is 8.76. The molecule has 1 atom stereocenters. The van der Waals surface area contributed by atoms with E-state index in [1.807, 2.05) is 18.7 Å². The summed E-state index contributed by atoms with van der Waals surface area (Å²) in [5, 5.41) is 6.78. The molecule has 0 aliphatic carbocycles. The first-order valence-electron chi connectivity index (χ1n) is 8.76. The Morgan fingerprint density at radius 3 is 2.92 bits per heavy atom. The molecule has 2 aliphatic heterocycles. The zero-order valence-corrected chi connectivity index (χ0v) is 14.7. The summed E-state index contributed by atoms with van der Waals surface area (Å²) in [5.74, 6) is 0.513. The highest BCUT2D eigenvalue weighted by Crippen LogP contribution is 2.20. The molecule has 2 aliphatic rings. The van der Waals surface area contributed by atoms with Gasteiger partial charge in [-0.1, -0.05) is 19.0 Å². The third-order valence-corrected chi connectivity index (χ3v) is 4.46. The molecular weight excluding hydrogens is 326 g/mol. The van der Waals surface area contributed by atoms with Crippen LogP contribution in [0.5, 0.6) is 0 Å². The van der Waals surface area contributed by atoms with Gasteiger partial charge in [-0.15, -0.1) is 0 Å². The van der Waals surface area contributed by atoms with Crippen LogP contribution in [0.2, 0.25) is 0 Å². The molecule has 0 saturated carbocycles. The predicted molar refractivity (Wildman–Crippen MR) is 89.1 cm³/mol. The Balaban J connectivity index is 1.68. The molecule has 2 saturated heterocycles. The van der Waals surface area contributed by atoms with Crippen LogP contribution in [0.25, 0.3) is 0 Å². The van der Waals surface area contributed by atoms with Crippen molar-refractivity contribution in [1.29, 1.82) is 0 Å². The summed E-state index contributed by atoms with van der Waals surface area (Å²) in [4.78, 5) is 32.4. The second-order valence-corrected chi connectivity index (χ2v) is 6.73. The molecule has 1 aromatic rings. The van der Waals surface area contributed by atoms with Crippen LogP contribution in [0, 0.1) is 5.92 Å². The number of hydrogen-bond donors (Lipinski definition) is 1. The molecule has 1 N–H and O–H groups in total. The Kier molecular flexibility index (Phi) is 5.52. The van der Waals surface area contributed by atoms with Gasteiger partial charge in [-0.05, 0) is 0 Å². The number of rotatable bonds is 3. The molecule has 0 aromatic carbocycles. The first kappa shape index (κ1) is 17.7. The van der Waals surface area contributed by atoms with Crippen LogP contribution in [0.4, 0.5) is 6.01 Å². The highest BCUT2D eigenvalue weighted by molar-refractivity contribution is 5.82. The fourth-order valence-electron chi connectivity index (χ4n) is 2.97. The van der Waals surface area contributed by atoms with E-state index in [2.05, 4.69) is 15.5 Å². The van der Waals surface area contributed by atoms with Gasteiger partial charge in [-0.3, -0.25) is 9.59 Å². The largest absolute Gasteiger partial charge is 0.379 e. The molecule has 9 heteroatoms. The van der Waals surface area contributed by atoms with Crippen LogP contribution in [0.3, 0.4) is 0 Å². The number of amides is 2. The van der Waals surface area contributed by atoms with E-state index in [-0.39, 0.29) is 23.7 Å². The van der Waals surface area contributed by atoms with Gasteiger partial charge in [0.25, 0.3) is 0 Å². The van der Waals surface area contributed by atoms with Gasteiger partial charge >= 0.3 is 6.01 Å². The van der Waals surface area contributed by atoms with Gasteiger partial charge in [0.15, 0.2) is 5.82 Å². The monoisotopic (exact) mass is 351 g/mol. The molecule has 9 nitrogen and oxygen atoms in total. The van der Waals surface area contributed by atoms with Crippen molar-refractivity contribution in [2.45, 2.75) is 26.2 Å². The molecule has 2 fully saturated rings. The Morgan fingerprint density at radius 2 is 2.16 bits per heavy atom. The van der Waals surface area contributed by atoms with Crippen LogP contribution < -0.4 is 10.2 Å². The molecule has 138 valence electrons. The summed E-state index contributed by atoms with van der Waals surface area (Å²) in [7, 11) is 0. The van der Waals surface area contributed by atoms with E-state index in [0.29, 0.717) is 64.2 Å². The fourth-order valence-corrected chi connectivity index (χ4v) is 2.97. The smallest absolute Gasteiger partial charge is 0.324 e. The van der Waals surface area contributed by atoms with E-state index < -0.39 is 0 Å². The molecule has 1 unspecified atom stereocenters. The SMILES string of the molecule is CC(C)c1noc(N2CCOCC(C(=O)N3CCNC(=O)CC3)C2)n1. The lowest BCUT2D eigenvalue weighted by atomic mass is 10.1. The van der Waals surface area contributed by atoms with Gasteiger partial charge in [-0.25, -0.2) is 0 Å². The lowest BCUT2D eigenvalue weighted by Crippen LogP contribution is -2.43. The molecule has 3 heterocycles. The summed E-state index contributed by atoms with van der Waals surface area (Å²) in [6.45, 7) is 7.39. The van der Waals surface area contributed by atoms with Crippen molar-refractivity contribution in [1.82, 2.24) is 20.4 Å². The van der Waals surface area contributed by atoms with Gasteiger partial charge < -0.3 is 24.4 Å². The van der Waals surface area contributed by atoms with E-state index in [1.54, 1.807) is 4.90 Å². The highest BCUT2D eigenvalue weighted by atomic mass is 16.5. The number of anilines is 1. The minimum absolute atomic E-state index is 0.00648. The van der Waals surface area contributed by atoms with Gasteiger partial charge in [0.1, 0.15) is 0 Å². The normalized spacial score (nSPS) is 22.5. The van der Waals surface area contributed by atoms with E-state index >= 15 is 0 Å². The third kappa shape index (κ3) is 4.28. The van der Waals surface area contributed by atoms with Crippen molar-refractivity contribution in [3.63, 3.8) is 0 Å². The van der Waals surface area contributed by atoms with Gasteiger partial charge in [0, 0.05) is 45.1 Å². The van der Waals surface area contributed by atoms with Crippen molar-refractivity contribution in [2.24, 2.45) is 5.92 Å². The Bertz CT molecular complexity index is 617. The average Bonchev–Trinajstić information content (AvgIpc) is 2.82. The van der Waals surface area contributed by atoms with Crippen molar-refractivity contribution in [3.8, 4) is 0 Å². The fraction of sp³-hybridized carbons (Fsp3) is 0.750. The van der Waals surface area contributed by atoms with E-state index in [0.717, 1.165) is 0 Å². The maximum Gasteiger partial charge on any atom is 0.324 e. The minimum atomic E-state index is -0.315. The van der Waals surface area contributed by atoms with Crippen LogP contribution in [0.15, 0.2) is 4.52 Å². The highest BCUT2D eigenvalue weighted by Gasteiger charge is 2.31. The number of carbonyl (C=O) groups excluding carboxylic acids is 2. The Labute approximate surface area is 146 Å². The van der Waals surface area contributed by atoms with Crippen LogP contribution in [-0.4, -0.2) is 72.8 Å². The summed E-state index contributed by atoms with van der Waals surface area (Å²) >= 11 is 0. The van der Waals surface area contributed by atoms with Gasteiger partial charge in [0.2, 0.25) is 11.8 Å². The number of nitrogens with one attached hydrogen (secondary N) is 1. The third-order valence-electron chi connectivity index (χ3n) is 4.46. The van der Waals surface area contributed by atoms with Crippen LogP contribution >= 0.6 is 0 Å². The van der Waals surface area contributed by atoms with Crippen molar-refractivity contribution in [3.05, 3.63) is 5.82 Å². The van der Waals surface area contributed by atoms with Crippen molar-refractivity contribution >= 4 is 17.8 Å². The van der Waals surface area contributed by atoms with Gasteiger partial charge in [-0.2, -0.15) is 4.98 Å². The van der Waals surface area contributed by atoms with Crippen LogP contribution in [0.1, 0.15) is 32.0 Å². The number of ether oxygens (including phenoxy) is 1. The Hall–Kier alpha value is -2.16. The van der Waals surface area contributed by atoms with E-state index in [1.165, 1.54) is 0 Å². The molecule has 0 bridgehead atoms. The predicted octanol–water partition coefficient (Wildman–Crippen LogP) is -0.00570. The second kappa shape index (κ2) is 7.81. The average molecular weight is 351 g/mol. The maximum absolute atomic E-state index is 12.9. The number of hydrogen-bond acceptors (Lipinski definition) is 7. The minimum Gasteiger partial charge on any atom is -0.379 e. The maximum atomic E-state index is 12.9. The lowest BCUT2D eigenvalue weighted by molar-refractivity contribution is -0.136. The topological polar surface area (TPSA) is 101 Å². The Morgan fingerprint density at radius 1 is 1.32 bits per heavy atom. The standard InChI is InChI=1S/C16H25N5O4/c1-11(2)14-18-16(25-19-14)21-7-8-24-10-12(9-21)15(23)20-5-3-13(22)17-4-6-20/h11-12H,3-10H2,1-2H3,(H,17,22). The van der Waals surface area contributed by atoms with Crippen molar-refractivity contribution in [2.75, 3.05) is 50.8 Å². The molecule has 0 radical (unpaired) electrons. The quantitative estimate of drug-likeness (QED) is 0.817. The second-order valence-electron chi connectivity index (χ2n) is 6.73. The molecule has 3 rings (SSSR count). The van der Waals surface area contributed by atoms with E-state index in [4.69, 9.17) is 9.26 Å². The molecule has 0 spiro atoms. The first-order chi connectivity index (χ1) is 12.0. The van der Waals surface area contributed by atoms with Gasteiger partial charge in [0.05, 0.1) is 19.1 Å².